The second-order valence-electron chi connectivity index (χ2n) is 9.07. The molecule has 2 saturated heterocycles. The highest BCUT2D eigenvalue weighted by molar-refractivity contribution is 5.81. The molecule has 150 valence electrons. The molecule has 5 nitrogen and oxygen atoms in total. The second-order valence-corrected chi connectivity index (χ2v) is 9.07. The van der Waals surface area contributed by atoms with Crippen LogP contribution in [0.5, 0.6) is 0 Å². The molecule has 2 atom stereocenters. The van der Waals surface area contributed by atoms with Crippen LogP contribution in [0.4, 0.5) is 0 Å². The molecular weight excluding hydrogens is 336 g/mol. The van der Waals surface area contributed by atoms with Gasteiger partial charge in [0.15, 0.2) is 0 Å². The quantitative estimate of drug-likeness (QED) is 0.832. The highest BCUT2D eigenvalue weighted by atomic mass is 16.2. The van der Waals surface area contributed by atoms with E-state index in [0.717, 1.165) is 52.0 Å². The van der Waals surface area contributed by atoms with Crippen molar-refractivity contribution in [1.82, 2.24) is 15.1 Å². The fraction of sp³-hybridized carbons (Fsp3) is 0.682. The minimum Gasteiger partial charge on any atom is -0.352 e. The van der Waals surface area contributed by atoms with Crippen LogP contribution in [0.3, 0.4) is 0 Å². The number of nitrogens with one attached hydrogen (secondary N) is 1. The van der Waals surface area contributed by atoms with Crippen LogP contribution in [0.15, 0.2) is 30.3 Å². The Bertz CT molecular complexity index is 610. The molecule has 2 fully saturated rings. The molecule has 2 aliphatic rings. The second kappa shape index (κ2) is 8.72. The van der Waals surface area contributed by atoms with Crippen LogP contribution < -0.4 is 11.1 Å². The van der Waals surface area contributed by atoms with Crippen molar-refractivity contribution in [3.63, 3.8) is 0 Å². The Labute approximate surface area is 164 Å². The molecule has 0 bridgehead atoms. The predicted octanol–water partition coefficient (Wildman–Crippen LogP) is 2.21. The van der Waals surface area contributed by atoms with Gasteiger partial charge in [-0.05, 0) is 37.2 Å². The Morgan fingerprint density at radius 1 is 1.19 bits per heavy atom. The molecule has 0 spiro atoms. The van der Waals surface area contributed by atoms with E-state index in [1.807, 2.05) is 6.92 Å². The Morgan fingerprint density at radius 2 is 1.85 bits per heavy atom. The van der Waals surface area contributed by atoms with E-state index in [4.69, 9.17) is 5.73 Å². The number of piperidine rings is 2. The predicted molar refractivity (Wildman–Crippen MR) is 110 cm³/mol. The lowest BCUT2D eigenvalue weighted by molar-refractivity contribution is -0.128. The third-order valence-corrected chi connectivity index (χ3v) is 6.45. The highest BCUT2D eigenvalue weighted by Gasteiger charge is 2.37. The molecule has 0 aromatic heterocycles. The number of hydrogen-bond acceptors (Lipinski definition) is 4. The van der Waals surface area contributed by atoms with Gasteiger partial charge >= 0.3 is 0 Å². The average Bonchev–Trinajstić information content (AvgIpc) is 2.65. The van der Waals surface area contributed by atoms with E-state index in [1.165, 1.54) is 5.56 Å². The van der Waals surface area contributed by atoms with E-state index in [2.05, 4.69) is 59.3 Å². The molecular formula is C22H36N4O. The monoisotopic (exact) mass is 372 g/mol. The van der Waals surface area contributed by atoms with Crippen molar-refractivity contribution in [2.75, 3.05) is 26.2 Å². The lowest BCUT2D eigenvalue weighted by Crippen LogP contribution is -2.58. The molecule has 1 amide bonds. The number of rotatable bonds is 5. The van der Waals surface area contributed by atoms with E-state index < -0.39 is 0 Å². The minimum absolute atomic E-state index is 0.0650. The number of likely N-dealkylation sites (tertiary alicyclic amines) is 2. The summed E-state index contributed by atoms with van der Waals surface area (Å²) in [5.41, 5.74) is 7.66. The Morgan fingerprint density at radius 3 is 2.48 bits per heavy atom. The Balaban J connectivity index is 1.44. The van der Waals surface area contributed by atoms with E-state index >= 15 is 0 Å². The normalized spacial score (nSPS) is 25.9. The van der Waals surface area contributed by atoms with Gasteiger partial charge in [0, 0.05) is 44.8 Å². The van der Waals surface area contributed by atoms with Crippen LogP contribution in [0, 0.1) is 5.41 Å². The number of hydrogen-bond donors (Lipinski definition) is 2. The van der Waals surface area contributed by atoms with Crippen LogP contribution in [-0.4, -0.2) is 60.0 Å². The van der Waals surface area contributed by atoms with Gasteiger partial charge in [0.1, 0.15) is 0 Å². The smallest absolute Gasteiger partial charge is 0.237 e. The number of benzene rings is 1. The third-order valence-electron chi connectivity index (χ3n) is 6.45. The van der Waals surface area contributed by atoms with Crippen molar-refractivity contribution in [3.8, 4) is 0 Å². The zero-order valence-corrected chi connectivity index (χ0v) is 17.2. The first kappa shape index (κ1) is 20.3. The number of amides is 1. The molecule has 3 N–H and O–H groups in total. The van der Waals surface area contributed by atoms with Crippen molar-refractivity contribution in [2.24, 2.45) is 11.1 Å². The summed E-state index contributed by atoms with van der Waals surface area (Å²) in [4.78, 5) is 17.6. The summed E-state index contributed by atoms with van der Waals surface area (Å²) < 4.78 is 0. The van der Waals surface area contributed by atoms with Crippen molar-refractivity contribution >= 4 is 5.91 Å². The zero-order valence-electron chi connectivity index (χ0n) is 17.2. The summed E-state index contributed by atoms with van der Waals surface area (Å²) in [6, 6.07) is 11.0. The summed E-state index contributed by atoms with van der Waals surface area (Å²) in [6.07, 6.45) is 3.02. The fourth-order valence-corrected chi connectivity index (χ4v) is 4.31. The van der Waals surface area contributed by atoms with Crippen molar-refractivity contribution < 1.29 is 4.79 Å². The summed E-state index contributed by atoms with van der Waals surface area (Å²) >= 11 is 0. The van der Waals surface area contributed by atoms with Gasteiger partial charge in [-0.1, -0.05) is 44.2 Å². The summed E-state index contributed by atoms with van der Waals surface area (Å²) in [6.45, 7) is 11.3. The first-order chi connectivity index (χ1) is 12.8. The van der Waals surface area contributed by atoms with Gasteiger partial charge in [0.05, 0.1) is 6.04 Å². The number of carbonyl (C=O) groups excluding carboxylic acids is 1. The molecule has 2 aliphatic heterocycles. The maximum absolute atomic E-state index is 12.8. The van der Waals surface area contributed by atoms with Gasteiger partial charge in [-0.25, -0.2) is 0 Å². The van der Waals surface area contributed by atoms with Gasteiger partial charge in [0.2, 0.25) is 5.91 Å². The number of nitrogens with zero attached hydrogens (tertiary/aromatic N) is 2. The zero-order chi connectivity index (χ0) is 19.4. The molecule has 27 heavy (non-hydrogen) atoms. The first-order valence-electron chi connectivity index (χ1n) is 10.4. The molecule has 2 unspecified atom stereocenters. The van der Waals surface area contributed by atoms with Crippen molar-refractivity contribution in [1.29, 1.82) is 0 Å². The van der Waals surface area contributed by atoms with Crippen molar-refractivity contribution in [2.45, 2.75) is 64.7 Å². The summed E-state index contributed by atoms with van der Waals surface area (Å²) in [5.74, 6) is 0.169. The van der Waals surface area contributed by atoms with Crippen LogP contribution >= 0.6 is 0 Å². The molecule has 0 aliphatic carbocycles. The van der Waals surface area contributed by atoms with E-state index in [0.29, 0.717) is 6.04 Å². The summed E-state index contributed by atoms with van der Waals surface area (Å²) in [5, 5.41) is 3.30. The van der Waals surface area contributed by atoms with Gasteiger partial charge in [-0.3, -0.25) is 14.6 Å². The van der Waals surface area contributed by atoms with Crippen LogP contribution in [-0.2, 0) is 11.3 Å². The van der Waals surface area contributed by atoms with E-state index in [-0.39, 0.29) is 23.4 Å². The average molecular weight is 373 g/mol. The molecule has 0 radical (unpaired) electrons. The van der Waals surface area contributed by atoms with E-state index in [9.17, 15) is 4.79 Å². The molecule has 1 aromatic rings. The summed E-state index contributed by atoms with van der Waals surface area (Å²) in [7, 11) is 0. The lowest BCUT2D eigenvalue weighted by atomic mass is 9.79. The third kappa shape index (κ3) is 5.31. The van der Waals surface area contributed by atoms with Gasteiger partial charge in [0.25, 0.3) is 0 Å². The molecule has 5 heteroatoms. The lowest BCUT2D eigenvalue weighted by Gasteiger charge is -2.44. The maximum Gasteiger partial charge on any atom is 0.237 e. The van der Waals surface area contributed by atoms with Gasteiger partial charge in [-0.15, -0.1) is 0 Å². The fourth-order valence-electron chi connectivity index (χ4n) is 4.31. The number of carbonyl (C=O) groups is 1. The molecule has 3 rings (SSSR count). The van der Waals surface area contributed by atoms with Crippen LogP contribution in [0.1, 0.15) is 45.6 Å². The van der Waals surface area contributed by atoms with Crippen LogP contribution in [0.2, 0.25) is 0 Å². The molecule has 1 aromatic carbocycles. The minimum atomic E-state index is -0.0841. The maximum atomic E-state index is 12.8. The topological polar surface area (TPSA) is 61.6 Å². The number of nitrogens with two attached hydrogens (primary N) is 1. The Hall–Kier alpha value is -1.43. The van der Waals surface area contributed by atoms with Gasteiger partial charge in [-0.2, -0.15) is 0 Å². The largest absolute Gasteiger partial charge is 0.352 e. The Kier molecular flexibility index (Phi) is 6.56. The van der Waals surface area contributed by atoms with E-state index in [1.54, 1.807) is 0 Å². The molecule has 0 saturated carbocycles. The van der Waals surface area contributed by atoms with Crippen LogP contribution in [0.25, 0.3) is 0 Å². The van der Waals surface area contributed by atoms with Gasteiger partial charge < -0.3 is 11.1 Å². The SMILES string of the molecule is CC(C(=O)NC1CCN(Cc2ccccc2)CC1)N1CCC(N)C(C)(C)C1. The highest BCUT2D eigenvalue weighted by Crippen LogP contribution is 2.28. The first-order valence-corrected chi connectivity index (χ1v) is 10.4. The standard InChI is InChI=1S/C22H36N4O/c1-17(26-14-11-20(23)22(2,3)16-26)21(27)24-19-9-12-25(13-10-19)15-18-7-5-4-6-8-18/h4-8,17,19-20H,9-16,23H2,1-3H3,(H,24,27). The molecule has 2 heterocycles. The van der Waals surface area contributed by atoms with Crippen molar-refractivity contribution in [3.05, 3.63) is 35.9 Å².